The van der Waals surface area contributed by atoms with E-state index in [1.807, 2.05) is 25.1 Å². The number of allylic oxidation sites excluding steroid dienone is 1. The molecule has 1 aromatic carbocycles. The topological polar surface area (TPSA) is 85.9 Å². The highest BCUT2D eigenvalue weighted by molar-refractivity contribution is 5.85. The van der Waals surface area contributed by atoms with Crippen molar-refractivity contribution in [3.8, 4) is 0 Å². The molecule has 0 spiro atoms. The van der Waals surface area contributed by atoms with Gasteiger partial charge in [0, 0.05) is 25.1 Å². The summed E-state index contributed by atoms with van der Waals surface area (Å²) in [5.41, 5.74) is 0.515. The molecule has 0 aromatic heterocycles. The molecule has 1 aromatic rings. The number of carbonyl (C=O) groups excluding carboxylic acids is 2. The highest BCUT2D eigenvalue weighted by Crippen LogP contribution is 2.70. The zero-order valence-electron chi connectivity index (χ0n) is 17.6. The van der Waals surface area contributed by atoms with Gasteiger partial charge in [-0.3, -0.25) is 9.59 Å². The Morgan fingerprint density at radius 2 is 2.13 bits per heavy atom. The fraction of sp³-hybridized carbons (Fsp3) is 0.565. The molecule has 3 fully saturated rings. The first kappa shape index (κ1) is 19.6. The lowest BCUT2D eigenvalue weighted by Gasteiger charge is -2.62. The number of benzene rings is 1. The SMILES string of the molecule is C/C=C1/CN[C@H]2C[C@@H]1[C@@](COC(C)=O)(C(=O)OC)[C@@]13CCO[C@@]21Nc1ccccc13. The molecule has 3 aliphatic heterocycles. The summed E-state index contributed by atoms with van der Waals surface area (Å²) in [6.45, 7) is 4.51. The van der Waals surface area contributed by atoms with Crippen LogP contribution in [0.4, 0.5) is 5.69 Å². The van der Waals surface area contributed by atoms with Crippen molar-refractivity contribution in [3.05, 3.63) is 41.5 Å². The molecule has 0 amide bonds. The molecule has 2 N–H and O–H groups in total. The van der Waals surface area contributed by atoms with E-state index in [-0.39, 0.29) is 24.5 Å². The fourth-order valence-electron chi connectivity index (χ4n) is 6.86. The third-order valence-electron chi connectivity index (χ3n) is 7.89. The van der Waals surface area contributed by atoms with E-state index in [2.05, 4.69) is 22.8 Å². The van der Waals surface area contributed by atoms with Crippen LogP contribution in [0, 0.1) is 11.3 Å². The predicted octanol–water partition coefficient (Wildman–Crippen LogP) is 2.13. The molecule has 2 bridgehead atoms. The van der Waals surface area contributed by atoms with Gasteiger partial charge in [0.05, 0.1) is 25.2 Å². The Balaban J connectivity index is 1.84. The van der Waals surface area contributed by atoms with Crippen LogP contribution in [0.5, 0.6) is 0 Å². The van der Waals surface area contributed by atoms with E-state index >= 15 is 0 Å². The minimum atomic E-state index is -1.09. The standard InChI is InChI=1S/C23H28N2O5/c1-4-15-12-24-19-11-17(15)21(20(27)28-3,13-29-14(2)26)22-9-10-30-23(19,22)25-18-8-6-5-7-16(18)22/h4-8,17,19,24-25H,9-13H2,1-3H3/b15-4-/t17-,19-,21-,22-,23-/m0/s1. The van der Waals surface area contributed by atoms with Gasteiger partial charge in [0.2, 0.25) is 0 Å². The van der Waals surface area contributed by atoms with Gasteiger partial charge in [0.1, 0.15) is 12.0 Å². The molecule has 0 unspecified atom stereocenters. The van der Waals surface area contributed by atoms with Gasteiger partial charge < -0.3 is 24.8 Å². The molecule has 2 saturated heterocycles. The van der Waals surface area contributed by atoms with Crippen molar-refractivity contribution < 1.29 is 23.8 Å². The van der Waals surface area contributed by atoms with Crippen LogP contribution in [0.1, 0.15) is 32.3 Å². The van der Waals surface area contributed by atoms with E-state index in [0.717, 1.165) is 16.8 Å². The van der Waals surface area contributed by atoms with Crippen LogP contribution >= 0.6 is 0 Å². The summed E-state index contributed by atoms with van der Waals surface area (Å²) in [6, 6.07) is 8.08. The molecular weight excluding hydrogens is 384 g/mol. The number of anilines is 1. The molecule has 1 aliphatic carbocycles. The highest BCUT2D eigenvalue weighted by atomic mass is 16.6. The maximum atomic E-state index is 13.8. The maximum absolute atomic E-state index is 13.8. The predicted molar refractivity (Wildman–Crippen MR) is 110 cm³/mol. The Hall–Kier alpha value is -2.38. The molecular formula is C23H28N2O5. The van der Waals surface area contributed by atoms with Crippen LogP contribution in [0.3, 0.4) is 0 Å². The van der Waals surface area contributed by atoms with Crippen molar-refractivity contribution in [2.75, 3.05) is 32.2 Å². The number of para-hydroxylation sites is 1. The molecule has 1 saturated carbocycles. The first-order valence-corrected chi connectivity index (χ1v) is 10.6. The normalized spacial score (nSPS) is 39.5. The van der Waals surface area contributed by atoms with Crippen molar-refractivity contribution in [1.29, 1.82) is 0 Å². The number of methoxy groups -OCH3 is 1. The summed E-state index contributed by atoms with van der Waals surface area (Å²) in [5, 5.41) is 7.32. The average Bonchev–Trinajstić information content (AvgIpc) is 3.27. The lowest BCUT2D eigenvalue weighted by atomic mass is 9.44. The van der Waals surface area contributed by atoms with Crippen molar-refractivity contribution >= 4 is 17.6 Å². The molecule has 7 heteroatoms. The van der Waals surface area contributed by atoms with Crippen LogP contribution in [-0.2, 0) is 29.2 Å². The fourth-order valence-corrected chi connectivity index (χ4v) is 6.86. The third-order valence-corrected chi connectivity index (χ3v) is 7.89. The van der Waals surface area contributed by atoms with Gasteiger partial charge in [0.15, 0.2) is 5.72 Å². The first-order valence-electron chi connectivity index (χ1n) is 10.6. The van der Waals surface area contributed by atoms with E-state index < -0.39 is 22.5 Å². The summed E-state index contributed by atoms with van der Waals surface area (Å²) >= 11 is 0. The number of carbonyl (C=O) groups is 2. The molecule has 7 nitrogen and oxygen atoms in total. The number of rotatable bonds is 3. The lowest BCUT2D eigenvalue weighted by molar-refractivity contribution is -0.197. The zero-order chi connectivity index (χ0) is 21.1. The Morgan fingerprint density at radius 3 is 2.87 bits per heavy atom. The molecule has 3 heterocycles. The van der Waals surface area contributed by atoms with Crippen LogP contribution in [0.25, 0.3) is 0 Å². The van der Waals surface area contributed by atoms with Crippen molar-refractivity contribution in [1.82, 2.24) is 5.32 Å². The second-order valence-corrected chi connectivity index (χ2v) is 8.74. The number of hydrogen-bond donors (Lipinski definition) is 2. The van der Waals surface area contributed by atoms with E-state index in [4.69, 9.17) is 14.2 Å². The average molecular weight is 412 g/mol. The largest absolute Gasteiger partial charge is 0.468 e. The van der Waals surface area contributed by atoms with Gasteiger partial charge in [-0.15, -0.1) is 0 Å². The van der Waals surface area contributed by atoms with Crippen molar-refractivity contribution in [2.24, 2.45) is 11.3 Å². The number of hydrogen-bond acceptors (Lipinski definition) is 7. The number of nitrogens with one attached hydrogen (secondary N) is 2. The Morgan fingerprint density at radius 1 is 1.33 bits per heavy atom. The van der Waals surface area contributed by atoms with Gasteiger partial charge in [-0.1, -0.05) is 29.8 Å². The number of esters is 2. The second-order valence-electron chi connectivity index (χ2n) is 8.74. The summed E-state index contributed by atoms with van der Waals surface area (Å²) < 4.78 is 17.6. The maximum Gasteiger partial charge on any atom is 0.317 e. The Bertz CT molecular complexity index is 945. The van der Waals surface area contributed by atoms with Crippen molar-refractivity contribution in [2.45, 2.75) is 43.9 Å². The smallest absolute Gasteiger partial charge is 0.317 e. The van der Waals surface area contributed by atoms with Gasteiger partial charge in [-0.25, -0.2) is 0 Å². The summed E-state index contributed by atoms with van der Waals surface area (Å²) in [7, 11) is 1.42. The Labute approximate surface area is 176 Å². The molecule has 0 radical (unpaired) electrons. The first-order chi connectivity index (χ1) is 14.5. The third kappa shape index (κ3) is 2.07. The zero-order valence-corrected chi connectivity index (χ0v) is 17.6. The summed E-state index contributed by atoms with van der Waals surface area (Å²) in [6.07, 6.45) is 3.41. The minimum absolute atomic E-state index is 0.0104. The lowest BCUT2D eigenvalue weighted by Crippen LogP contribution is -2.78. The van der Waals surface area contributed by atoms with Gasteiger partial charge >= 0.3 is 11.9 Å². The summed E-state index contributed by atoms with van der Waals surface area (Å²) in [4.78, 5) is 25.7. The Kier molecular flexibility index (Phi) is 4.28. The van der Waals surface area contributed by atoms with Gasteiger partial charge in [0.25, 0.3) is 0 Å². The molecule has 5 atom stereocenters. The van der Waals surface area contributed by atoms with Crippen LogP contribution in [0.2, 0.25) is 0 Å². The molecule has 160 valence electrons. The quantitative estimate of drug-likeness (QED) is 0.581. The van der Waals surface area contributed by atoms with E-state index in [1.54, 1.807) is 0 Å². The monoisotopic (exact) mass is 412 g/mol. The minimum Gasteiger partial charge on any atom is -0.468 e. The number of piperidine rings is 1. The van der Waals surface area contributed by atoms with E-state index in [0.29, 0.717) is 26.0 Å². The van der Waals surface area contributed by atoms with Gasteiger partial charge in [-0.2, -0.15) is 0 Å². The second kappa shape index (κ2) is 6.56. The van der Waals surface area contributed by atoms with E-state index in [9.17, 15) is 9.59 Å². The molecule has 5 rings (SSSR count). The van der Waals surface area contributed by atoms with Crippen LogP contribution in [-0.4, -0.2) is 50.6 Å². The highest BCUT2D eigenvalue weighted by Gasteiger charge is 2.81. The van der Waals surface area contributed by atoms with Crippen LogP contribution in [0.15, 0.2) is 35.9 Å². The van der Waals surface area contributed by atoms with Gasteiger partial charge in [-0.05, 0) is 31.4 Å². The van der Waals surface area contributed by atoms with Crippen molar-refractivity contribution in [3.63, 3.8) is 0 Å². The van der Waals surface area contributed by atoms with E-state index in [1.165, 1.54) is 14.0 Å². The molecule has 4 aliphatic rings. The number of fused-ring (bicyclic) bond motifs is 3. The molecule has 30 heavy (non-hydrogen) atoms. The summed E-state index contributed by atoms with van der Waals surface area (Å²) in [5.74, 6) is -0.873. The van der Waals surface area contributed by atoms with Crippen LogP contribution < -0.4 is 10.6 Å². The number of ether oxygens (including phenoxy) is 3.